The van der Waals surface area contributed by atoms with Crippen molar-refractivity contribution < 1.29 is 26.8 Å². The van der Waals surface area contributed by atoms with Gasteiger partial charge in [0.2, 0.25) is 15.8 Å². The molecule has 0 aliphatic heterocycles. The van der Waals surface area contributed by atoms with Crippen LogP contribution in [0.5, 0.6) is 0 Å². The van der Waals surface area contributed by atoms with Crippen LogP contribution >= 0.6 is 11.6 Å². The fourth-order valence-electron chi connectivity index (χ4n) is 4.37. The molecule has 1 N–H and O–H groups in total. The molecule has 0 spiro atoms. The van der Waals surface area contributed by atoms with Crippen LogP contribution in [0.2, 0.25) is 5.02 Å². The summed E-state index contributed by atoms with van der Waals surface area (Å²) in [6, 6.07) is 12.8. The number of halogens is 3. The van der Waals surface area contributed by atoms with Gasteiger partial charge in [0.1, 0.15) is 11.5 Å². The van der Waals surface area contributed by atoms with Gasteiger partial charge in [0, 0.05) is 46.3 Å². The van der Waals surface area contributed by atoms with Crippen molar-refractivity contribution >= 4 is 50.0 Å². The van der Waals surface area contributed by atoms with Gasteiger partial charge < -0.3 is 4.98 Å². The van der Waals surface area contributed by atoms with Crippen LogP contribution in [-0.4, -0.2) is 40.8 Å². The van der Waals surface area contributed by atoms with Gasteiger partial charge in [-0.15, -0.1) is 0 Å². The molecular formula is C29H21ClF2N4O4S. The van der Waals surface area contributed by atoms with Gasteiger partial charge in [0.05, 0.1) is 22.6 Å². The van der Waals surface area contributed by atoms with Crippen LogP contribution in [0.3, 0.4) is 0 Å². The third-order valence-corrected chi connectivity index (χ3v) is 8.40. The van der Waals surface area contributed by atoms with Gasteiger partial charge in [-0.3, -0.25) is 14.6 Å². The van der Waals surface area contributed by atoms with E-state index in [-0.39, 0.29) is 27.2 Å². The summed E-state index contributed by atoms with van der Waals surface area (Å²) in [7, 11) is -4.42. The van der Waals surface area contributed by atoms with E-state index in [4.69, 9.17) is 11.6 Å². The first-order valence-corrected chi connectivity index (χ1v) is 14.3. The number of sulfonamides is 1. The molecule has 1 amide bonds. The zero-order valence-electron chi connectivity index (χ0n) is 21.4. The number of fused-ring (bicyclic) bond motifs is 1. The quantitative estimate of drug-likeness (QED) is 0.215. The summed E-state index contributed by atoms with van der Waals surface area (Å²) < 4.78 is 57.8. The third-order valence-electron chi connectivity index (χ3n) is 6.30. The number of amides is 1. The normalized spacial score (nSPS) is 11.5. The van der Waals surface area contributed by atoms with Crippen LogP contribution in [0.1, 0.15) is 39.6 Å². The van der Waals surface area contributed by atoms with Crippen molar-refractivity contribution in [2.24, 2.45) is 0 Å². The van der Waals surface area contributed by atoms with Gasteiger partial charge in [0.25, 0.3) is 5.91 Å². The molecule has 0 unspecified atom stereocenters. The molecule has 0 saturated heterocycles. The molecule has 12 heteroatoms. The third kappa shape index (κ3) is 5.33. The van der Waals surface area contributed by atoms with Crippen molar-refractivity contribution in [3.63, 3.8) is 0 Å². The van der Waals surface area contributed by atoms with Gasteiger partial charge in [0.15, 0.2) is 5.82 Å². The van der Waals surface area contributed by atoms with E-state index in [2.05, 4.69) is 15.0 Å². The maximum Gasteiger partial charge on any atom is 0.273 e. The molecule has 0 radical (unpaired) electrons. The topological polar surface area (TPSA) is 113 Å². The second-order valence-corrected chi connectivity index (χ2v) is 11.4. The summed E-state index contributed by atoms with van der Waals surface area (Å²) in [5, 5.41) is 0.816. The largest absolute Gasteiger partial charge is 0.345 e. The van der Waals surface area contributed by atoms with E-state index in [1.807, 2.05) is 0 Å². The van der Waals surface area contributed by atoms with Crippen molar-refractivity contribution in [2.75, 3.05) is 10.1 Å². The Kier molecular flexibility index (Phi) is 7.65. The van der Waals surface area contributed by atoms with Crippen LogP contribution in [0.4, 0.5) is 14.5 Å². The fourth-order valence-corrected chi connectivity index (χ4v) is 6.00. The summed E-state index contributed by atoms with van der Waals surface area (Å²) in [4.78, 5) is 37.9. The summed E-state index contributed by atoms with van der Waals surface area (Å²) >= 11 is 5.97. The number of anilines is 1. The summed E-state index contributed by atoms with van der Waals surface area (Å²) in [6.45, 7) is 1.57. The number of nitrogens with one attached hydrogen (secondary N) is 1. The highest BCUT2D eigenvalue weighted by molar-refractivity contribution is 7.93. The Balaban J connectivity index is 1.64. The molecule has 8 nitrogen and oxygen atoms in total. The fraction of sp³-hybridized carbons (Fsp3) is 0.103. The lowest BCUT2D eigenvalue weighted by molar-refractivity contribution is 0.0999. The zero-order chi connectivity index (χ0) is 29.3. The average Bonchev–Trinajstić information content (AvgIpc) is 3.38. The summed E-state index contributed by atoms with van der Waals surface area (Å²) in [5.41, 5.74) is -0.374. The van der Waals surface area contributed by atoms with Crippen molar-refractivity contribution in [2.45, 2.75) is 13.3 Å². The van der Waals surface area contributed by atoms with Gasteiger partial charge in [-0.1, -0.05) is 30.7 Å². The minimum absolute atomic E-state index is 0.0974. The molecule has 2 aromatic carbocycles. The number of benzene rings is 2. The van der Waals surface area contributed by atoms with Crippen molar-refractivity contribution in [1.82, 2.24) is 15.0 Å². The Bertz CT molecular complexity index is 1900. The predicted octanol–water partition coefficient (Wildman–Crippen LogP) is 6.17. The van der Waals surface area contributed by atoms with E-state index in [0.717, 1.165) is 23.9 Å². The number of hydrogen-bond acceptors (Lipinski definition) is 6. The highest BCUT2D eigenvalue weighted by atomic mass is 35.5. The summed E-state index contributed by atoms with van der Waals surface area (Å²) in [6.07, 6.45) is 5.46. The molecule has 0 fully saturated rings. The van der Waals surface area contributed by atoms with Crippen LogP contribution in [0.25, 0.3) is 22.2 Å². The first-order chi connectivity index (χ1) is 19.6. The number of nitrogens with zero attached hydrogens (tertiary/aromatic N) is 3. The number of carbonyl (C=O) groups is 2. The Morgan fingerprint density at radius 3 is 2.46 bits per heavy atom. The van der Waals surface area contributed by atoms with Crippen LogP contribution in [0.15, 0.2) is 79.4 Å². The molecule has 5 aromatic rings. The number of rotatable bonds is 8. The first kappa shape index (κ1) is 28.1. The monoisotopic (exact) mass is 594 g/mol. The predicted molar refractivity (Wildman–Crippen MR) is 151 cm³/mol. The molecule has 3 heterocycles. The second kappa shape index (κ2) is 11.2. The Hall–Kier alpha value is -4.48. The lowest BCUT2D eigenvalue weighted by atomic mass is 9.99. The van der Waals surface area contributed by atoms with Gasteiger partial charge in [-0.2, -0.15) is 4.31 Å². The van der Waals surface area contributed by atoms with Crippen molar-refractivity contribution in [1.29, 1.82) is 0 Å². The van der Waals surface area contributed by atoms with Crippen LogP contribution in [-0.2, 0) is 10.0 Å². The molecule has 0 aliphatic carbocycles. The smallest absolute Gasteiger partial charge is 0.273 e. The van der Waals surface area contributed by atoms with E-state index in [1.165, 1.54) is 24.5 Å². The van der Waals surface area contributed by atoms with Crippen molar-refractivity contribution in [3.05, 3.63) is 113 Å². The van der Waals surface area contributed by atoms with E-state index < -0.39 is 50.4 Å². The van der Waals surface area contributed by atoms with E-state index in [0.29, 0.717) is 16.2 Å². The average molecular weight is 595 g/mol. The molecule has 0 bridgehead atoms. The van der Waals surface area contributed by atoms with E-state index in [9.17, 15) is 18.0 Å². The van der Waals surface area contributed by atoms with Crippen molar-refractivity contribution in [3.8, 4) is 11.1 Å². The highest BCUT2D eigenvalue weighted by Gasteiger charge is 2.35. The number of aromatic amines is 1. The lowest BCUT2D eigenvalue weighted by Crippen LogP contribution is -2.39. The first-order valence-electron chi connectivity index (χ1n) is 12.4. The molecule has 208 valence electrons. The number of carbonyl (C=O) groups excluding carboxylic acids is 2. The van der Waals surface area contributed by atoms with Crippen LogP contribution in [0, 0.1) is 11.6 Å². The molecule has 0 atom stereocenters. The second-order valence-electron chi connectivity index (χ2n) is 9.04. The lowest BCUT2D eigenvalue weighted by Gasteiger charge is -2.23. The maximum atomic E-state index is 16.1. The number of H-pyrrole nitrogens is 1. The number of aromatic nitrogens is 3. The summed E-state index contributed by atoms with van der Waals surface area (Å²) in [5.74, 6) is -5.39. The minimum atomic E-state index is -4.42. The molecule has 0 saturated carbocycles. The molecule has 3 aromatic heterocycles. The van der Waals surface area contributed by atoms with Gasteiger partial charge in [-0.25, -0.2) is 22.2 Å². The van der Waals surface area contributed by atoms with E-state index >= 15 is 8.78 Å². The number of pyridine rings is 2. The Morgan fingerprint density at radius 2 is 1.78 bits per heavy atom. The molecule has 5 rings (SSSR count). The maximum absolute atomic E-state index is 16.1. The molecule has 41 heavy (non-hydrogen) atoms. The SMILES string of the molecule is CCCS(=O)(=O)N(C(=O)c1cccnc1)c1ccc(F)c(C(=O)c2c[nH]c3ncc(-c4ccc(Cl)cc4)cc23)c1F. The Labute approximate surface area is 238 Å². The van der Waals surface area contributed by atoms with Gasteiger partial charge >= 0.3 is 0 Å². The van der Waals surface area contributed by atoms with Crippen LogP contribution < -0.4 is 4.31 Å². The minimum Gasteiger partial charge on any atom is -0.345 e. The van der Waals surface area contributed by atoms with Gasteiger partial charge in [-0.05, 0) is 54.4 Å². The molecule has 0 aliphatic rings. The molecular weight excluding hydrogens is 574 g/mol. The number of ketones is 1. The highest BCUT2D eigenvalue weighted by Crippen LogP contribution is 2.32. The Morgan fingerprint density at radius 1 is 1.02 bits per heavy atom. The van der Waals surface area contributed by atoms with E-state index in [1.54, 1.807) is 43.5 Å². The standard InChI is InChI=1S/C29H21ClF2N4O4S/c1-2-12-41(39,40)36(29(38)18-4-3-11-33-14-18)24-10-9-23(31)25(26(24)32)27(37)22-16-35-28-21(22)13-19(15-34-28)17-5-7-20(30)8-6-17/h3-11,13-16H,2,12H2,1H3,(H,34,35). The zero-order valence-corrected chi connectivity index (χ0v) is 23.0. The number of hydrogen-bond donors (Lipinski definition) is 1.